The van der Waals surface area contributed by atoms with E-state index in [0.29, 0.717) is 6.42 Å². The fraction of sp³-hybridized carbons (Fsp3) is 0.250. The van der Waals surface area contributed by atoms with Gasteiger partial charge in [-0.2, -0.15) is 5.10 Å². The van der Waals surface area contributed by atoms with Crippen molar-refractivity contribution in [3.8, 4) is 0 Å². The summed E-state index contributed by atoms with van der Waals surface area (Å²) in [6.07, 6.45) is 1.96. The number of hydrogen-bond acceptors (Lipinski definition) is 2. The molecule has 84 valence electrons. The van der Waals surface area contributed by atoms with Gasteiger partial charge in [0.15, 0.2) is 0 Å². The van der Waals surface area contributed by atoms with E-state index in [-0.39, 0.29) is 0 Å². The highest BCUT2D eigenvalue weighted by Gasteiger charge is 2.12. The van der Waals surface area contributed by atoms with E-state index < -0.39 is 6.10 Å². The van der Waals surface area contributed by atoms with Gasteiger partial charge in [-0.3, -0.25) is 4.68 Å². The fourth-order valence-corrected chi connectivity index (χ4v) is 2.37. The van der Waals surface area contributed by atoms with Crippen LogP contribution >= 0.6 is 22.6 Å². The van der Waals surface area contributed by atoms with Crippen LogP contribution < -0.4 is 0 Å². The molecule has 0 saturated carbocycles. The van der Waals surface area contributed by atoms with Crippen LogP contribution in [0, 0.1) is 3.57 Å². The number of hydrogen-bond donors (Lipinski definition) is 1. The average molecular weight is 328 g/mol. The summed E-state index contributed by atoms with van der Waals surface area (Å²) in [5.41, 5.74) is 1.88. The Bertz CT molecular complexity index is 481. The van der Waals surface area contributed by atoms with E-state index >= 15 is 0 Å². The molecule has 1 aromatic heterocycles. The van der Waals surface area contributed by atoms with Crippen LogP contribution in [0.15, 0.2) is 36.5 Å². The summed E-state index contributed by atoms with van der Waals surface area (Å²) in [5, 5.41) is 14.4. The first-order chi connectivity index (χ1) is 7.66. The van der Waals surface area contributed by atoms with E-state index in [9.17, 15) is 5.11 Å². The van der Waals surface area contributed by atoms with Crippen molar-refractivity contribution >= 4 is 22.6 Å². The molecule has 1 aromatic carbocycles. The molecule has 1 atom stereocenters. The second kappa shape index (κ2) is 4.97. The van der Waals surface area contributed by atoms with Crippen LogP contribution in [0.5, 0.6) is 0 Å². The highest BCUT2D eigenvalue weighted by Crippen LogP contribution is 2.22. The van der Waals surface area contributed by atoms with Crippen LogP contribution in [0.2, 0.25) is 0 Å². The van der Waals surface area contributed by atoms with Crippen LogP contribution in [-0.4, -0.2) is 14.9 Å². The maximum Gasteiger partial charge on any atom is 0.0856 e. The van der Waals surface area contributed by atoms with E-state index in [1.807, 2.05) is 43.6 Å². The lowest BCUT2D eigenvalue weighted by molar-refractivity contribution is 0.176. The largest absolute Gasteiger partial charge is 0.388 e. The second-order valence-electron chi connectivity index (χ2n) is 3.72. The van der Waals surface area contributed by atoms with Gasteiger partial charge in [0.05, 0.1) is 11.8 Å². The van der Waals surface area contributed by atoms with Crippen LogP contribution in [0.1, 0.15) is 17.4 Å². The number of aryl methyl sites for hydroxylation is 1. The molecular formula is C12H13IN2O. The summed E-state index contributed by atoms with van der Waals surface area (Å²) >= 11 is 2.24. The minimum atomic E-state index is -0.483. The minimum absolute atomic E-state index is 0.483. The van der Waals surface area contributed by atoms with Crippen molar-refractivity contribution in [2.24, 2.45) is 7.05 Å². The molecule has 0 bridgehead atoms. The quantitative estimate of drug-likeness (QED) is 0.878. The molecule has 1 heterocycles. The molecule has 0 aliphatic rings. The van der Waals surface area contributed by atoms with Crippen molar-refractivity contribution in [3.05, 3.63) is 51.4 Å². The van der Waals surface area contributed by atoms with E-state index in [4.69, 9.17) is 0 Å². The van der Waals surface area contributed by atoms with Gasteiger partial charge in [-0.05, 0) is 40.3 Å². The monoisotopic (exact) mass is 328 g/mol. The molecule has 0 fully saturated rings. The summed E-state index contributed by atoms with van der Waals surface area (Å²) in [5.74, 6) is 0. The second-order valence-corrected chi connectivity index (χ2v) is 4.88. The maximum atomic E-state index is 10.1. The minimum Gasteiger partial charge on any atom is -0.388 e. The Morgan fingerprint density at radius 3 is 2.75 bits per heavy atom. The highest BCUT2D eigenvalue weighted by molar-refractivity contribution is 14.1. The maximum absolute atomic E-state index is 10.1. The molecule has 1 N–H and O–H groups in total. The zero-order valence-electron chi connectivity index (χ0n) is 8.97. The first-order valence-electron chi connectivity index (χ1n) is 5.08. The van der Waals surface area contributed by atoms with Crippen molar-refractivity contribution < 1.29 is 5.11 Å². The molecule has 1 unspecified atom stereocenters. The summed E-state index contributed by atoms with van der Waals surface area (Å²) < 4.78 is 2.83. The average Bonchev–Trinajstić information content (AvgIpc) is 2.64. The Morgan fingerprint density at radius 2 is 2.12 bits per heavy atom. The molecule has 0 saturated heterocycles. The summed E-state index contributed by atoms with van der Waals surface area (Å²) in [6.45, 7) is 0. The van der Waals surface area contributed by atoms with Gasteiger partial charge in [0.1, 0.15) is 0 Å². The van der Waals surface area contributed by atoms with Crippen LogP contribution in [0.25, 0.3) is 0 Å². The van der Waals surface area contributed by atoms with Crippen LogP contribution in [-0.2, 0) is 13.5 Å². The first-order valence-corrected chi connectivity index (χ1v) is 6.15. The van der Waals surface area contributed by atoms with Gasteiger partial charge >= 0.3 is 0 Å². The third kappa shape index (κ3) is 2.62. The third-order valence-corrected chi connectivity index (χ3v) is 3.42. The number of benzene rings is 1. The number of aliphatic hydroxyl groups is 1. The molecule has 16 heavy (non-hydrogen) atoms. The molecule has 0 aliphatic carbocycles. The zero-order chi connectivity index (χ0) is 11.5. The third-order valence-electron chi connectivity index (χ3n) is 2.44. The lowest BCUT2D eigenvalue weighted by Gasteiger charge is -2.11. The molecule has 2 aromatic rings. The Labute approximate surface area is 108 Å². The fourth-order valence-electron chi connectivity index (χ4n) is 1.63. The Morgan fingerprint density at radius 1 is 1.38 bits per heavy atom. The normalized spacial score (nSPS) is 12.7. The number of aliphatic hydroxyl groups excluding tert-OH is 1. The van der Waals surface area contributed by atoms with Crippen molar-refractivity contribution in [3.63, 3.8) is 0 Å². The summed E-state index contributed by atoms with van der Waals surface area (Å²) in [4.78, 5) is 0. The molecule has 0 spiro atoms. The molecule has 0 amide bonds. The van der Waals surface area contributed by atoms with E-state index in [1.54, 1.807) is 4.68 Å². The van der Waals surface area contributed by atoms with E-state index in [0.717, 1.165) is 14.8 Å². The topological polar surface area (TPSA) is 38.0 Å². The summed E-state index contributed by atoms with van der Waals surface area (Å²) in [6, 6.07) is 9.80. The Hall–Kier alpha value is -0.880. The van der Waals surface area contributed by atoms with Crippen molar-refractivity contribution in [1.82, 2.24) is 9.78 Å². The predicted molar refractivity (Wildman–Crippen MR) is 71.0 cm³/mol. The molecule has 4 heteroatoms. The highest BCUT2D eigenvalue weighted by atomic mass is 127. The molecule has 3 nitrogen and oxygen atoms in total. The standard InChI is InChI=1S/C12H13IN2O/c1-15-7-6-9(14-15)8-12(16)10-4-2-3-5-11(10)13/h2-7,12,16H,8H2,1H3. The molecule has 2 rings (SSSR count). The Kier molecular flexibility index (Phi) is 3.60. The van der Waals surface area contributed by atoms with Crippen molar-refractivity contribution in [2.45, 2.75) is 12.5 Å². The van der Waals surface area contributed by atoms with Gasteiger partial charge < -0.3 is 5.11 Å². The Balaban J connectivity index is 2.14. The van der Waals surface area contributed by atoms with Gasteiger partial charge in [-0.25, -0.2) is 0 Å². The van der Waals surface area contributed by atoms with Crippen LogP contribution in [0.4, 0.5) is 0 Å². The van der Waals surface area contributed by atoms with Crippen molar-refractivity contribution in [2.75, 3.05) is 0 Å². The lowest BCUT2D eigenvalue weighted by Crippen LogP contribution is -2.04. The van der Waals surface area contributed by atoms with Gasteiger partial charge in [0, 0.05) is 23.2 Å². The zero-order valence-corrected chi connectivity index (χ0v) is 11.1. The van der Waals surface area contributed by atoms with E-state index in [1.165, 1.54) is 0 Å². The van der Waals surface area contributed by atoms with Gasteiger partial charge in [-0.15, -0.1) is 0 Å². The SMILES string of the molecule is Cn1ccc(CC(O)c2ccccc2I)n1. The smallest absolute Gasteiger partial charge is 0.0856 e. The van der Waals surface area contributed by atoms with Gasteiger partial charge in [0.25, 0.3) is 0 Å². The van der Waals surface area contributed by atoms with Crippen molar-refractivity contribution in [1.29, 1.82) is 0 Å². The molecule has 0 radical (unpaired) electrons. The number of rotatable bonds is 3. The number of halogens is 1. The van der Waals surface area contributed by atoms with E-state index in [2.05, 4.69) is 27.7 Å². The first kappa shape index (κ1) is 11.6. The molecule has 0 aliphatic heterocycles. The van der Waals surface area contributed by atoms with Crippen LogP contribution in [0.3, 0.4) is 0 Å². The number of nitrogens with zero attached hydrogens (tertiary/aromatic N) is 2. The summed E-state index contributed by atoms with van der Waals surface area (Å²) in [7, 11) is 1.88. The molecular weight excluding hydrogens is 315 g/mol. The van der Waals surface area contributed by atoms with Gasteiger partial charge in [-0.1, -0.05) is 18.2 Å². The predicted octanol–water partition coefficient (Wildman–Crippen LogP) is 2.30. The lowest BCUT2D eigenvalue weighted by atomic mass is 10.1. The number of aromatic nitrogens is 2. The van der Waals surface area contributed by atoms with Gasteiger partial charge in [0.2, 0.25) is 0 Å².